The van der Waals surface area contributed by atoms with Crippen LogP contribution in [-0.2, 0) is 4.79 Å². The Balaban J connectivity index is 1.86. The zero-order valence-corrected chi connectivity index (χ0v) is 8.61. The molecule has 1 unspecified atom stereocenters. The first-order chi connectivity index (χ1) is 6.90. The second-order valence-corrected chi connectivity index (χ2v) is 4.18. The highest BCUT2D eigenvalue weighted by Crippen LogP contribution is 2.14. The zero-order valence-electron chi connectivity index (χ0n) is 8.61. The van der Waals surface area contributed by atoms with E-state index in [-0.39, 0.29) is 0 Å². The predicted molar refractivity (Wildman–Crippen MR) is 55.1 cm³/mol. The lowest BCUT2D eigenvalue weighted by Crippen LogP contribution is -2.53. The van der Waals surface area contributed by atoms with Crippen LogP contribution in [0.15, 0.2) is 0 Å². The summed E-state index contributed by atoms with van der Waals surface area (Å²) in [5.74, 6) is 0. The molecule has 2 heterocycles. The van der Waals surface area contributed by atoms with E-state index < -0.39 is 0 Å². The molecule has 14 heavy (non-hydrogen) atoms. The Morgan fingerprint density at radius 2 is 2.00 bits per heavy atom. The van der Waals surface area contributed by atoms with Crippen molar-refractivity contribution >= 4 is 6.41 Å². The van der Waals surface area contributed by atoms with Crippen LogP contribution in [0.2, 0.25) is 0 Å². The molecule has 0 aromatic carbocycles. The summed E-state index contributed by atoms with van der Waals surface area (Å²) in [6.07, 6.45) is 3.41. The fraction of sp³-hybridized carbons (Fsp3) is 0.900. The maximum Gasteiger partial charge on any atom is 0.209 e. The predicted octanol–water partition coefficient (Wildman–Crippen LogP) is -0.488. The standard InChI is InChI=1S/C10H19N3O/c14-9-12-5-1-2-10(8-12)13-6-3-11-4-7-13/h9-11H,1-8H2. The molecule has 2 aliphatic heterocycles. The Morgan fingerprint density at radius 1 is 1.21 bits per heavy atom. The number of rotatable bonds is 2. The van der Waals surface area contributed by atoms with E-state index in [0.717, 1.165) is 52.1 Å². The summed E-state index contributed by atoms with van der Waals surface area (Å²) < 4.78 is 0. The third-order valence-electron chi connectivity index (χ3n) is 3.24. The van der Waals surface area contributed by atoms with Crippen LogP contribution in [0.3, 0.4) is 0 Å². The maximum atomic E-state index is 10.7. The summed E-state index contributed by atoms with van der Waals surface area (Å²) in [4.78, 5) is 15.1. The van der Waals surface area contributed by atoms with Crippen LogP contribution in [0.5, 0.6) is 0 Å². The van der Waals surface area contributed by atoms with E-state index in [9.17, 15) is 4.79 Å². The van der Waals surface area contributed by atoms with Crippen molar-refractivity contribution in [3.05, 3.63) is 0 Å². The minimum atomic E-state index is 0.607. The van der Waals surface area contributed by atoms with E-state index in [2.05, 4.69) is 10.2 Å². The van der Waals surface area contributed by atoms with E-state index in [1.807, 2.05) is 4.90 Å². The van der Waals surface area contributed by atoms with Crippen molar-refractivity contribution in [2.45, 2.75) is 18.9 Å². The molecule has 1 amide bonds. The third-order valence-corrected chi connectivity index (χ3v) is 3.24. The number of likely N-dealkylation sites (tertiary alicyclic amines) is 1. The van der Waals surface area contributed by atoms with Crippen molar-refractivity contribution in [3.63, 3.8) is 0 Å². The number of piperidine rings is 1. The summed E-state index contributed by atoms with van der Waals surface area (Å²) in [6.45, 7) is 6.35. The van der Waals surface area contributed by atoms with Gasteiger partial charge in [0.1, 0.15) is 0 Å². The Bertz CT molecular complexity index is 192. The van der Waals surface area contributed by atoms with Crippen LogP contribution in [0.1, 0.15) is 12.8 Å². The molecular weight excluding hydrogens is 178 g/mol. The van der Waals surface area contributed by atoms with Crippen LogP contribution in [0.25, 0.3) is 0 Å². The van der Waals surface area contributed by atoms with Crippen LogP contribution in [0, 0.1) is 0 Å². The van der Waals surface area contributed by atoms with Crippen LogP contribution in [-0.4, -0.2) is 61.5 Å². The van der Waals surface area contributed by atoms with Crippen molar-refractivity contribution < 1.29 is 4.79 Å². The average molecular weight is 197 g/mol. The van der Waals surface area contributed by atoms with Gasteiger partial charge in [-0.2, -0.15) is 0 Å². The molecule has 4 heteroatoms. The number of hydrogen-bond donors (Lipinski definition) is 1. The normalized spacial score (nSPS) is 30.3. The number of carbonyl (C=O) groups excluding carboxylic acids is 1. The van der Waals surface area contributed by atoms with E-state index in [4.69, 9.17) is 0 Å². The number of amides is 1. The molecule has 1 atom stereocenters. The van der Waals surface area contributed by atoms with Gasteiger partial charge in [0.25, 0.3) is 0 Å². The van der Waals surface area contributed by atoms with Gasteiger partial charge in [-0.25, -0.2) is 0 Å². The van der Waals surface area contributed by atoms with Gasteiger partial charge in [-0.15, -0.1) is 0 Å². The highest BCUT2D eigenvalue weighted by atomic mass is 16.1. The fourth-order valence-corrected chi connectivity index (χ4v) is 2.42. The SMILES string of the molecule is O=CN1CCCC(N2CCNCC2)C1. The summed E-state index contributed by atoms with van der Waals surface area (Å²) in [5.41, 5.74) is 0. The Labute approximate surface area is 85.2 Å². The second-order valence-electron chi connectivity index (χ2n) is 4.18. The van der Waals surface area contributed by atoms with Gasteiger partial charge in [-0.1, -0.05) is 0 Å². The summed E-state index contributed by atoms with van der Waals surface area (Å²) >= 11 is 0. The second kappa shape index (κ2) is 4.75. The average Bonchev–Trinajstić information content (AvgIpc) is 2.30. The molecule has 0 aromatic rings. The lowest BCUT2D eigenvalue weighted by Gasteiger charge is -2.39. The number of nitrogens with one attached hydrogen (secondary N) is 1. The van der Waals surface area contributed by atoms with Gasteiger partial charge in [-0.05, 0) is 12.8 Å². The molecule has 0 radical (unpaired) electrons. The molecule has 0 aliphatic carbocycles. The topological polar surface area (TPSA) is 35.6 Å². The van der Waals surface area contributed by atoms with Gasteiger partial charge in [0.15, 0.2) is 0 Å². The van der Waals surface area contributed by atoms with Crippen molar-refractivity contribution in [3.8, 4) is 0 Å². The molecular formula is C10H19N3O. The highest BCUT2D eigenvalue weighted by Gasteiger charge is 2.25. The first-order valence-electron chi connectivity index (χ1n) is 5.54. The van der Waals surface area contributed by atoms with Gasteiger partial charge in [-0.3, -0.25) is 9.69 Å². The molecule has 0 aromatic heterocycles. The number of piperazine rings is 1. The minimum Gasteiger partial charge on any atom is -0.344 e. The van der Waals surface area contributed by atoms with Gasteiger partial charge >= 0.3 is 0 Å². The molecule has 0 saturated carbocycles. The largest absolute Gasteiger partial charge is 0.344 e. The van der Waals surface area contributed by atoms with E-state index >= 15 is 0 Å². The molecule has 0 bridgehead atoms. The van der Waals surface area contributed by atoms with Crippen molar-refractivity contribution in [2.75, 3.05) is 39.3 Å². The first-order valence-corrected chi connectivity index (χ1v) is 5.54. The minimum absolute atomic E-state index is 0.607. The fourth-order valence-electron chi connectivity index (χ4n) is 2.42. The van der Waals surface area contributed by atoms with Crippen molar-refractivity contribution in [1.29, 1.82) is 0 Å². The number of carbonyl (C=O) groups is 1. The lowest BCUT2D eigenvalue weighted by molar-refractivity contribution is -0.120. The van der Waals surface area contributed by atoms with Crippen LogP contribution < -0.4 is 5.32 Å². The number of hydrogen-bond acceptors (Lipinski definition) is 3. The smallest absolute Gasteiger partial charge is 0.209 e. The molecule has 2 rings (SSSR count). The maximum absolute atomic E-state index is 10.7. The van der Waals surface area contributed by atoms with Crippen LogP contribution in [0.4, 0.5) is 0 Å². The molecule has 2 fully saturated rings. The molecule has 2 saturated heterocycles. The molecule has 0 spiro atoms. The zero-order chi connectivity index (χ0) is 9.80. The van der Waals surface area contributed by atoms with Gasteiger partial charge in [0.2, 0.25) is 6.41 Å². The number of nitrogens with zero attached hydrogens (tertiary/aromatic N) is 2. The Kier molecular flexibility index (Phi) is 3.37. The molecule has 2 aliphatic rings. The monoisotopic (exact) mass is 197 g/mol. The molecule has 80 valence electrons. The van der Waals surface area contributed by atoms with Gasteiger partial charge in [0.05, 0.1) is 0 Å². The molecule has 1 N–H and O–H groups in total. The lowest BCUT2D eigenvalue weighted by atomic mass is 10.0. The first kappa shape index (κ1) is 9.93. The summed E-state index contributed by atoms with van der Waals surface area (Å²) in [7, 11) is 0. The van der Waals surface area contributed by atoms with E-state index in [1.54, 1.807) is 0 Å². The van der Waals surface area contributed by atoms with Gasteiger partial charge < -0.3 is 10.2 Å². The van der Waals surface area contributed by atoms with E-state index in [1.165, 1.54) is 6.42 Å². The summed E-state index contributed by atoms with van der Waals surface area (Å²) in [6, 6.07) is 0.607. The van der Waals surface area contributed by atoms with E-state index in [0.29, 0.717) is 6.04 Å². The van der Waals surface area contributed by atoms with Crippen LogP contribution >= 0.6 is 0 Å². The highest BCUT2D eigenvalue weighted by molar-refractivity contribution is 5.47. The Hall–Kier alpha value is -0.610. The molecule has 4 nitrogen and oxygen atoms in total. The Morgan fingerprint density at radius 3 is 2.71 bits per heavy atom. The summed E-state index contributed by atoms with van der Waals surface area (Å²) in [5, 5.41) is 3.35. The quantitative estimate of drug-likeness (QED) is 0.607. The van der Waals surface area contributed by atoms with Crippen molar-refractivity contribution in [2.24, 2.45) is 0 Å². The third kappa shape index (κ3) is 2.25. The van der Waals surface area contributed by atoms with Crippen molar-refractivity contribution in [1.82, 2.24) is 15.1 Å². The van der Waals surface area contributed by atoms with Gasteiger partial charge in [0, 0.05) is 45.3 Å².